The normalized spacial score (nSPS) is 14.0. The maximum absolute atomic E-state index is 6.21. The molecule has 2 aromatic heterocycles. The molecule has 0 aliphatic heterocycles. The average Bonchev–Trinajstić information content (AvgIpc) is 3.11. The van der Waals surface area contributed by atoms with E-state index in [2.05, 4.69) is 17.1 Å². The molecule has 1 aliphatic carbocycles. The van der Waals surface area contributed by atoms with Crippen LogP contribution in [-0.4, -0.2) is 10.1 Å². The number of benzene rings is 1. The molecule has 0 spiro atoms. The lowest BCUT2D eigenvalue weighted by molar-refractivity contribution is 0.432. The summed E-state index contributed by atoms with van der Waals surface area (Å²) in [5.74, 6) is 1.16. The van der Waals surface area contributed by atoms with Gasteiger partial charge in [0.25, 0.3) is 5.89 Å². The lowest BCUT2D eigenvalue weighted by Gasteiger charge is -2.10. The van der Waals surface area contributed by atoms with E-state index >= 15 is 0 Å². The Morgan fingerprint density at radius 3 is 2.73 bits per heavy atom. The standard InChI is InChI=1S/C17H17N3OS/c1-10-6-8-11(9-7-10)16-19-17(21-20-16)14-12-4-2-3-5-13(12)22-15(14)18/h6-9H,2-5,18H2,1H3. The number of hydrogen-bond acceptors (Lipinski definition) is 5. The molecule has 0 saturated heterocycles. The van der Waals surface area contributed by atoms with Crippen LogP contribution in [0.25, 0.3) is 22.8 Å². The summed E-state index contributed by atoms with van der Waals surface area (Å²) in [5.41, 5.74) is 10.7. The highest BCUT2D eigenvalue weighted by Gasteiger charge is 2.24. The molecule has 3 aromatic rings. The summed E-state index contributed by atoms with van der Waals surface area (Å²) in [5, 5.41) is 4.92. The van der Waals surface area contributed by atoms with Gasteiger partial charge in [0.05, 0.1) is 10.6 Å². The van der Waals surface area contributed by atoms with E-state index < -0.39 is 0 Å². The van der Waals surface area contributed by atoms with Crippen molar-refractivity contribution in [3.8, 4) is 22.8 Å². The van der Waals surface area contributed by atoms with Crippen molar-refractivity contribution in [3.05, 3.63) is 40.3 Å². The molecule has 1 aliphatic rings. The minimum absolute atomic E-state index is 0.549. The summed E-state index contributed by atoms with van der Waals surface area (Å²) < 4.78 is 5.51. The van der Waals surface area contributed by atoms with Gasteiger partial charge >= 0.3 is 0 Å². The smallest absolute Gasteiger partial charge is 0.261 e. The zero-order valence-electron chi connectivity index (χ0n) is 12.4. The Hall–Kier alpha value is -2.14. The fraction of sp³-hybridized carbons (Fsp3) is 0.294. The van der Waals surface area contributed by atoms with Gasteiger partial charge in [-0.25, -0.2) is 0 Å². The fourth-order valence-corrected chi connectivity index (χ4v) is 4.12. The zero-order valence-corrected chi connectivity index (χ0v) is 13.2. The van der Waals surface area contributed by atoms with Gasteiger partial charge in [-0.05, 0) is 38.2 Å². The second-order valence-corrected chi connectivity index (χ2v) is 6.88. The maximum atomic E-state index is 6.21. The molecule has 5 heteroatoms. The van der Waals surface area contributed by atoms with E-state index in [9.17, 15) is 0 Å². The Bertz CT molecular complexity index is 817. The molecule has 0 atom stereocenters. The first kappa shape index (κ1) is 13.5. The van der Waals surface area contributed by atoms with Crippen LogP contribution in [0.2, 0.25) is 0 Å². The zero-order chi connectivity index (χ0) is 15.1. The van der Waals surface area contributed by atoms with E-state index in [0.29, 0.717) is 11.7 Å². The summed E-state index contributed by atoms with van der Waals surface area (Å²) in [4.78, 5) is 5.95. The highest BCUT2D eigenvalue weighted by Crippen LogP contribution is 2.42. The number of thiophene rings is 1. The molecule has 0 bridgehead atoms. The summed E-state index contributed by atoms with van der Waals surface area (Å²) in [6.07, 6.45) is 4.61. The number of anilines is 1. The lowest BCUT2D eigenvalue weighted by atomic mass is 9.95. The van der Waals surface area contributed by atoms with Crippen molar-refractivity contribution >= 4 is 16.3 Å². The first-order valence-electron chi connectivity index (χ1n) is 7.53. The molecule has 1 aromatic carbocycles. The highest BCUT2D eigenvalue weighted by atomic mass is 32.1. The Morgan fingerprint density at radius 1 is 1.14 bits per heavy atom. The molecule has 0 unspecified atom stereocenters. The van der Waals surface area contributed by atoms with Gasteiger partial charge in [-0.3, -0.25) is 0 Å². The number of nitrogens with zero attached hydrogens (tertiary/aromatic N) is 2. The molecule has 2 heterocycles. The topological polar surface area (TPSA) is 64.9 Å². The summed E-state index contributed by atoms with van der Waals surface area (Å²) in [7, 11) is 0. The fourth-order valence-electron chi connectivity index (χ4n) is 2.97. The second kappa shape index (κ2) is 5.25. The van der Waals surface area contributed by atoms with Gasteiger partial charge in [-0.2, -0.15) is 4.98 Å². The van der Waals surface area contributed by atoms with Crippen LogP contribution in [0.4, 0.5) is 5.00 Å². The van der Waals surface area contributed by atoms with Gasteiger partial charge in [-0.1, -0.05) is 35.0 Å². The summed E-state index contributed by atoms with van der Waals surface area (Å²) in [6, 6.07) is 8.12. The van der Waals surface area contributed by atoms with E-state index in [1.165, 1.54) is 28.8 Å². The highest BCUT2D eigenvalue weighted by molar-refractivity contribution is 7.16. The third-order valence-electron chi connectivity index (χ3n) is 4.15. The number of nitrogen functional groups attached to an aromatic ring is 1. The molecule has 0 saturated carbocycles. The van der Waals surface area contributed by atoms with E-state index in [4.69, 9.17) is 10.3 Å². The van der Waals surface area contributed by atoms with Crippen LogP contribution in [0.3, 0.4) is 0 Å². The van der Waals surface area contributed by atoms with E-state index in [-0.39, 0.29) is 0 Å². The van der Waals surface area contributed by atoms with Gasteiger partial charge in [-0.15, -0.1) is 11.3 Å². The molecule has 0 fully saturated rings. The van der Waals surface area contributed by atoms with Crippen molar-refractivity contribution in [2.45, 2.75) is 32.6 Å². The largest absolute Gasteiger partial charge is 0.390 e. The molecular formula is C17H17N3OS. The van der Waals surface area contributed by atoms with Crippen LogP contribution < -0.4 is 5.73 Å². The third-order valence-corrected chi connectivity index (χ3v) is 5.27. The van der Waals surface area contributed by atoms with Crippen LogP contribution in [0.15, 0.2) is 28.8 Å². The minimum Gasteiger partial charge on any atom is -0.390 e. The van der Waals surface area contributed by atoms with Crippen molar-refractivity contribution < 1.29 is 4.52 Å². The Kier molecular flexibility index (Phi) is 3.22. The number of rotatable bonds is 2. The monoisotopic (exact) mass is 311 g/mol. The summed E-state index contributed by atoms with van der Waals surface area (Å²) in [6.45, 7) is 2.06. The van der Waals surface area contributed by atoms with Gasteiger partial charge in [0.1, 0.15) is 0 Å². The van der Waals surface area contributed by atoms with Gasteiger partial charge < -0.3 is 10.3 Å². The molecule has 112 valence electrons. The van der Waals surface area contributed by atoms with Crippen molar-refractivity contribution in [1.29, 1.82) is 0 Å². The average molecular weight is 311 g/mol. The maximum Gasteiger partial charge on any atom is 0.261 e. The predicted molar refractivity (Wildman–Crippen MR) is 88.8 cm³/mol. The van der Waals surface area contributed by atoms with Gasteiger partial charge in [0.2, 0.25) is 5.82 Å². The van der Waals surface area contributed by atoms with Crippen molar-refractivity contribution in [1.82, 2.24) is 10.1 Å². The second-order valence-electron chi connectivity index (χ2n) is 5.74. The van der Waals surface area contributed by atoms with E-state index in [1.807, 2.05) is 24.3 Å². The predicted octanol–water partition coefficient (Wildman–Crippen LogP) is 4.23. The molecule has 0 amide bonds. The Labute approximate surface area is 133 Å². The van der Waals surface area contributed by atoms with Crippen LogP contribution in [0.1, 0.15) is 28.8 Å². The van der Waals surface area contributed by atoms with Gasteiger partial charge in [0, 0.05) is 10.4 Å². The van der Waals surface area contributed by atoms with Gasteiger partial charge in [0.15, 0.2) is 0 Å². The lowest BCUT2D eigenvalue weighted by Crippen LogP contribution is -1.99. The molecule has 22 heavy (non-hydrogen) atoms. The first-order valence-corrected chi connectivity index (χ1v) is 8.35. The molecule has 4 rings (SSSR count). The SMILES string of the molecule is Cc1ccc(-c2noc(-c3c(N)sc4c3CCCC4)n2)cc1. The molecule has 0 radical (unpaired) electrons. The molecule has 4 nitrogen and oxygen atoms in total. The van der Waals surface area contributed by atoms with Crippen molar-refractivity contribution in [2.24, 2.45) is 0 Å². The van der Waals surface area contributed by atoms with E-state index in [1.54, 1.807) is 11.3 Å². The van der Waals surface area contributed by atoms with Crippen LogP contribution >= 0.6 is 11.3 Å². The molecular weight excluding hydrogens is 294 g/mol. The van der Waals surface area contributed by atoms with Crippen LogP contribution in [0.5, 0.6) is 0 Å². The van der Waals surface area contributed by atoms with Crippen molar-refractivity contribution in [2.75, 3.05) is 5.73 Å². The summed E-state index contributed by atoms with van der Waals surface area (Å²) >= 11 is 1.67. The van der Waals surface area contributed by atoms with Crippen molar-refractivity contribution in [3.63, 3.8) is 0 Å². The quantitative estimate of drug-likeness (QED) is 0.769. The number of fused-ring (bicyclic) bond motifs is 1. The molecule has 2 N–H and O–H groups in total. The number of hydrogen-bond donors (Lipinski definition) is 1. The number of aryl methyl sites for hydroxylation is 2. The Balaban J connectivity index is 1.76. The Morgan fingerprint density at radius 2 is 1.91 bits per heavy atom. The first-order chi connectivity index (χ1) is 10.7. The number of nitrogens with two attached hydrogens (primary N) is 1. The minimum atomic E-state index is 0.549. The van der Waals surface area contributed by atoms with Crippen LogP contribution in [-0.2, 0) is 12.8 Å². The van der Waals surface area contributed by atoms with E-state index in [0.717, 1.165) is 29.0 Å². The van der Waals surface area contributed by atoms with Crippen LogP contribution in [0, 0.1) is 6.92 Å². The number of aromatic nitrogens is 2. The third kappa shape index (κ3) is 2.22.